The van der Waals surface area contributed by atoms with E-state index >= 15 is 0 Å². The highest BCUT2D eigenvalue weighted by molar-refractivity contribution is 5.26. The number of rotatable bonds is 3. The van der Waals surface area contributed by atoms with Crippen molar-refractivity contribution in [3.05, 3.63) is 23.0 Å². The zero-order valence-electron chi connectivity index (χ0n) is 14.1. The number of likely N-dealkylation sites (tertiary alicyclic amines) is 1. The molecule has 1 saturated heterocycles. The summed E-state index contributed by atoms with van der Waals surface area (Å²) in [4.78, 5) is 2.60. The van der Waals surface area contributed by atoms with Crippen LogP contribution >= 0.6 is 0 Å². The van der Waals surface area contributed by atoms with E-state index in [1.807, 2.05) is 0 Å². The predicted molar refractivity (Wildman–Crippen MR) is 86.1 cm³/mol. The monoisotopic (exact) mass is 277 g/mol. The molecule has 0 saturated carbocycles. The average Bonchev–Trinajstić information content (AvgIpc) is 2.63. The molecular weight excluding hydrogens is 246 g/mol. The van der Waals surface area contributed by atoms with Crippen molar-refractivity contribution in [2.45, 2.75) is 65.6 Å². The van der Waals surface area contributed by atoms with E-state index < -0.39 is 0 Å². The molecule has 20 heavy (non-hydrogen) atoms. The quantitative estimate of drug-likeness (QED) is 0.916. The standard InChI is InChI=1S/C17H31N3/c1-13-11-15(14(2)19(13)6)12-18-16-7-9-20(10-8-16)17(3,4)5/h11,16,18H,7-10,12H2,1-6H3. The first kappa shape index (κ1) is 15.6. The van der Waals surface area contributed by atoms with Crippen LogP contribution in [0.15, 0.2) is 6.07 Å². The van der Waals surface area contributed by atoms with Gasteiger partial charge < -0.3 is 9.88 Å². The summed E-state index contributed by atoms with van der Waals surface area (Å²) in [5.74, 6) is 0. The van der Waals surface area contributed by atoms with E-state index in [9.17, 15) is 0 Å². The second-order valence-corrected chi connectivity index (χ2v) is 7.27. The largest absolute Gasteiger partial charge is 0.352 e. The third kappa shape index (κ3) is 3.44. The van der Waals surface area contributed by atoms with Gasteiger partial charge in [-0.3, -0.25) is 4.90 Å². The van der Waals surface area contributed by atoms with E-state index in [2.05, 4.69) is 62.5 Å². The number of hydrogen-bond donors (Lipinski definition) is 1. The van der Waals surface area contributed by atoms with Crippen LogP contribution in [-0.2, 0) is 13.6 Å². The summed E-state index contributed by atoms with van der Waals surface area (Å²) in [6.45, 7) is 14.8. The Kier molecular flexibility index (Phi) is 4.60. The summed E-state index contributed by atoms with van der Waals surface area (Å²) in [6.07, 6.45) is 2.53. The van der Waals surface area contributed by atoms with Gasteiger partial charge in [-0.1, -0.05) is 0 Å². The Morgan fingerprint density at radius 2 is 1.80 bits per heavy atom. The SMILES string of the molecule is Cc1cc(CNC2CCN(C(C)(C)C)CC2)c(C)n1C. The summed E-state index contributed by atoms with van der Waals surface area (Å²) < 4.78 is 2.28. The van der Waals surface area contributed by atoms with Crippen LogP contribution in [0.5, 0.6) is 0 Å². The Labute approximate surface area is 124 Å². The van der Waals surface area contributed by atoms with Crippen molar-refractivity contribution < 1.29 is 0 Å². The van der Waals surface area contributed by atoms with Crippen molar-refractivity contribution in [3.63, 3.8) is 0 Å². The third-order valence-electron chi connectivity index (χ3n) is 4.90. The van der Waals surface area contributed by atoms with Gasteiger partial charge in [-0.15, -0.1) is 0 Å². The minimum atomic E-state index is 0.318. The van der Waals surface area contributed by atoms with E-state index in [1.165, 1.54) is 42.9 Å². The number of hydrogen-bond acceptors (Lipinski definition) is 2. The van der Waals surface area contributed by atoms with Crippen molar-refractivity contribution in [1.29, 1.82) is 0 Å². The lowest BCUT2D eigenvalue weighted by molar-refractivity contribution is 0.0960. The molecule has 1 fully saturated rings. The van der Waals surface area contributed by atoms with E-state index in [1.54, 1.807) is 0 Å². The van der Waals surface area contributed by atoms with Crippen molar-refractivity contribution in [2.75, 3.05) is 13.1 Å². The molecule has 0 radical (unpaired) electrons. The molecule has 0 spiro atoms. The van der Waals surface area contributed by atoms with Crippen LogP contribution in [0.1, 0.15) is 50.6 Å². The first-order valence-corrected chi connectivity index (χ1v) is 7.89. The Hall–Kier alpha value is -0.800. The summed E-state index contributed by atoms with van der Waals surface area (Å²) in [5, 5.41) is 3.75. The minimum absolute atomic E-state index is 0.318. The normalized spacial score (nSPS) is 18.7. The van der Waals surface area contributed by atoms with Crippen molar-refractivity contribution in [1.82, 2.24) is 14.8 Å². The molecule has 2 rings (SSSR count). The summed E-state index contributed by atoms with van der Waals surface area (Å²) in [7, 11) is 2.15. The molecule has 114 valence electrons. The maximum Gasteiger partial charge on any atom is 0.0225 e. The molecule has 3 heteroatoms. The molecule has 0 aliphatic carbocycles. The number of piperidine rings is 1. The molecule has 0 bridgehead atoms. The topological polar surface area (TPSA) is 20.2 Å². The Bertz CT molecular complexity index is 446. The molecule has 0 aromatic carbocycles. The Morgan fingerprint density at radius 1 is 1.20 bits per heavy atom. The van der Waals surface area contributed by atoms with E-state index in [-0.39, 0.29) is 0 Å². The number of aromatic nitrogens is 1. The van der Waals surface area contributed by atoms with Gasteiger partial charge >= 0.3 is 0 Å². The third-order valence-corrected chi connectivity index (χ3v) is 4.90. The summed E-state index contributed by atoms with van der Waals surface area (Å²) >= 11 is 0. The molecule has 1 N–H and O–H groups in total. The van der Waals surface area contributed by atoms with E-state index in [0.29, 0.717) is 11.6 Å². The van der Waals surface area contributed by atoms with Crippen LogP contribution in [0.4, 0.5) is 0 Å². The molecule has 3 nitrogen and oxygen atoms in total. The second kappa shape index (κ2) is 5.90. The van der Waals surface area contributed by atoms with Crippen LogP contribution in [0.25, 0.3) is 0 Å². The first-order valence-electron chi connectivity index (χ1n) is 7.89. The molecule has 0 amide bonds. The molecule has 1 aliphatic heterocycles. The van der Waals surface area contributed by atoms with Gasteiger partial charge in [0.1, 0.15) is 0 Å². The van der Waals surface area contributed by atoms with Crippen LogP contribution in [0, 0.1) is 13.8 Å². The number of nitrogens with zero attached hydrogens (tertiary/aromatic N) is 2. The van der Waals surface area contributed by atoms with Crippen LogP contribution in [0.2, 0.25) is 0 Å². The van der Waals surface area contributed by atoms with Gasteiger partial charge in [0.05, 0.1) is 0 Å². The highest BCUT2D eigenvalue weighted by Crippen LogP contribution is 2.21. The van der Waals surface area contributed by atoms with Crippen molar-refractivity contribution >= 4 is 0 Å². The maximum absolute atomic E-state index is 3.75. The van der Waals surface area contributed by atoms with Crippen LogP contribution < -0.4 is 5.32 Å². The lowest BCUT2D eigenvalue weighted by Gasteiger charge is -2.41. The fourth-order valence-electron chi connectivity index (χ4n) is 3.12. The van der Waals surface area contributed by atoms with Crippen LogP contribution in [0.3, 0.4) is 0 Å². The van der Waals surface area contributed by atoms with Crippen molar-refractivity contribution in [2.24, 2.45) is 7.05 Å². The Balaban J connectivity index is 1.83. The van der Waals surface area contributed by atoms with Gasteiger partial charge in [0.25, 0.3) is 0 Å². The Morgan fingerprint density at radius 3 is 2.25 bits per heavy atom. The molecule has 1 aromatic rings. The van der Waals surface area contributed by atoms with Gasteiger partial charge in [0.15, 0.2) is 0 Å². The zero-order valence-corrected chi connectivity index (χ0v) is 14.1. The lowest BCUT2D eigenvalue weighted by Crippen LogP contribution is -2.49. The van der Waals surface area contributed by atoms with Crippen molar-refractivity contribution in [3.8, 4) is 0 Å². The highest BCUT2D eigenvalue weighted by atomic mass is 15.2. The van der Waals surface area contributed by atoms with E-state index in [0.717, 1.165) is 6.54 Å². The van der Waals surface area contributed by atoms with Crippen LogP contribution in [-0.4, -0.2) is 34.1 Å². The number of nitrogens with one attached hydrogen (secondary N) is 1. The van der Waals surface area contributed by atoms with E-state index in [4.69, 9.17) is 0 Å². The smallest absolute Gasteiger partial charge is 0.0225 e. The predicted octanol–water partition coefficient (Wildman–Crippen LogP) is 2.99. The lowest BCUT2D eigenvalue weighted by atomic mass is 9.98. The molecule has 1 aromatic heterocycles. The molecule has 0 unspecified atom stereocenters. The zero-order chi connectivity index (χ0) is 14.9. The van der Waals surface area contributed by atoms with Gasteiger partial charge in [-0.25, -0.2) is 0 Å². The van der Waals surface area contributed by atoms with Gasteiger partial charge in [0, 0.05) is 49.7 Å². The van der Waals surface area contributed by atoms with Gasteiger partial charge in [0.2, 0.25) is 0 Å². The summed E-state index contributed by atoms with van der Waals surface area (Å²) in [6, 6.07) is 2.99. The van der Waals surface area contributed by atoms with Gasteiger partial charge in [-0.05, 0) is 59.1 Å². The fraction of sp³-hybridized carbons (Fsp3) is 0.765. The highest BCUT2D eigenvalue weighted by Gasteiger charge is 2.26. The summed E-state index contributed by atoms with van der Waals surface area (Å²) in [5.41, 5.74) is 4.50. The molecule has 2 heterocycles. The minimum Gasteiger partial charge on any atom is -0.352 e. The second-order valence-electron chi connectivity index (χ2n) is 7.27. The number of aryl methyl sites for hydroxylation is 1. The first-order chi connectivity index (χ1) is 9.29. The average molecular weight is 277 g/mol. The molecule has 0 atom stereocenters. The maximum atomic E-state index is 3.75. The molecular formula is C17H31N3. The molecule has 1 aliphatic rings. The fourth-order valence-corrected chi connectivity index (χ4v) is 3.12. The van der Waals surface area contributed by atoms with Gasteiger partial charge in [-0.2, -0.15) is 0 Å².